The van der Waals surface area contributed by atoms with E-state index in [9.17, 15) is 9.00 Å². The van der Waals surface area contributed by atoms with Crippen molar-refractivity contribution in [2.45, 2.75) is 11.4 Å². The molecule has 92 valence electrons. The van der Waals surface area contributed by atoms with Gasteiger partial charge >= 0.3 is 0 Å². The fourth-order valence-electron chi connectivity index (χ4n) is 1.45. The van der Waals surface area contributed by atoms with Gasteiger partial charge in [-0.05, 0) is 24.3 Å². The molecule has 1 aromatic carbocycles. The van der Waals surface area contributed by atoms with Crippen LogP contribution in [0.3, 0.4) is 0 Å². The average Bonchev–Trinajstić information content (AvgIpc) is 2.47. The molecule has 4 nitrogen and oxygen atoms in total. The number of hydrogen-bond donors (Lipinski definition) is 1. The summed E-state index contributed by atoms with van der Waals surface area (Å²) in [6.07, 6.45) is 1.64. The molecule has 1 heterocycles. The summed E-state index contributed by atoms with van der Waals surface area (Å²) in [6.45, 7) is 0.254. The van der Waals surface area contributed by atoms with Crippen molar-refractivity contribution in [1.82, 2.24) is 9.71 Å². The van der Waals surface area contributed by atoms with E-state index in [0.717, 1.165) is 5.69 Å². The van der Waals surface area contributed by atoms with E-state index in [4.69, 9.17) is 0 Å². The first-order valence-corrected chi connectivity index (χ1v) is 6.93. The SMILES string of the molecule is O=C=S(=O)(NCc1ccccn1)c1ccccc1. The lowest BCUT2D eigenvalue weighted by atomic mass is 10.4. The predicted molar refractivity (Wildman–Crippen MR) is 69.6 cm³/mol. The van der Waals surface area contributed by atoms with Gasteiger partial charge in [-0.25, -0.2) is 13.7 Å². The predicted octanol–water partition coefficient (Wildman–Crippen LogP) is 1.50. The molecule has 0 amide bonds. The third kappa shape index (κ3) is 2.84. The minimum atomic E-state index is -3.00. The van der Waals surface area contributed by atoms with Crippen LogP contribution in [0.15, 0.2) is 59.6 Å². The highest BCUT2D eigenvalue weighted by Crippen LogP contribution is 2.08. The quantitative estimate of drug-likeness (QED) is 0.847. The highest BCUT2D eigenvalue weighted by molar-refractivity contribution is 7.98. The summed E-state index contributed by atoms with van der Waals surface area (Å²) < 4.78 is 15.1. The van der Waals surface area contributed by atoms with Gasteiger partial charge in [0.25, 0.3) is 0 Å². The van der Waals surface area contributed by atoms with Crippen LogP contribution in [0.5, 0.6) is 0 Å². The van der Waals surface area contributed by atoms with Crippen molar-refractivity contribution in [1.29, 1.82) is 0 Å². The van der Waals surface area contributed by atoms with Crippen LogP contribution in [0, 0.1) is 0 Å². The van der Waals surface area contributed by atoms with E-state index in [-0.39, 0.29) is 6.54 Å². The molecular weight excluding hydrogens is 248 g/mol. The van der Waals surface area contributed by atoms with E-state index < -0.39 is 9.71 Å². The largest absolute Gasteiger partial charge is 0.260 e. The summed E-state index contributed by atoms with van der Waals surface area (Å²) in [5, 5.41) is 1.60. The molecule has 1 unspecified atom stereocenters. The Balaban J connectivity index is 2.21. The van der Waals surface area contributed by atoms with Crippen LogP contribution >= 0.6 is 0 Å². The van der Waals surface area contributed by atoms with Crippen molar-refractivity contribution in [2.75, 3.05) is 0 Å². The smallest absolute Gasteiger partial charge is 0.205 e. The molecule has 1 atom stereocenters. The molecule has 5 heteroatoms. The van der Waals surface area contributed by atoms with E-state index in [2.05, 4.69) is 9.71 Å². The summed E-state index contributed by atoms with van der Waals surface area (Å²) in [7, 11) is -3.00. The van der Waals surface area contributed by atoms with Gasteiger partial charge in [0.2, 0.25) is 5.23 Å². The Morgan fingerprint density at radius 1 is 1.11 bits per heavy atom. The zero-order chi connectivity index (χ0) is 12.8. The second-order valence-electron chi connectivity index (χ2n) is 3.59. The number of benzene rings is 1. The van der Waals surface area contributed by atoms with E-state index in [1.165, 1.54) is 0 Å². The van der Waals surface area contributed by atoms with E-state index in [1.807, 2.05) is 6.07 Å². The molecule has 2 rings (SSSR count). The Labute approximate surface area is 106 Å². The Bertz CT molecular complexity index is 643. The van der Waals surface area contributed by atoms with Gasteiger partial charge in [0.1, 0.15) is 9.71 Å². The maximum Gasteiger partial charge on any atom is 0.205 e. The zero-order valence-electron chi connectivity index (χ0n) is 9.58. The van der Waals surface area contributed by atoms with Gasteiger partial charge in [-0.3, -0.25) is 4.98 Å². The molecule has 0 radical (unpaired) electrons. The van der Waals surface area contributed by atoms with Crippen LogP contribution in [0.25, 0.3) is 0 Å². The van der Waals surface area contributed by atoms with Gasteiger partial charge in [-0.2, -0.15) is 0 Å². The molecule has 0 aliphatic rings. The summed E-state index contributed by atoms with van der Waals surface area (Å²) in [6, 6.07) is 14.0. The zero-order valence-corrected chi connectivity index (χ0v) is 10.4. The van der Waals surface area contributed by atoms with Crippen LogP contribution in [0.1, 0.15) is 5.69 Å². The molecule has 0 spiro atoms. The number of pyridine rings is 1. The second-order valence-corrected chi connectivity index (χ2v) is 5.63. The molecule has 18 heavy (non-hydrogen) atoms. The molecular formula is C13H12N2O2S. The first-order chi connectivity index (χ1) is 8.74. The van der Waals surface area contributed by atoms with Crippen molar-refractivity contribution >= 4 is 14.9 Å². The lowest BCUT2D eigenvalue weighted by Crippen LogP contribution is -2.24. The van der Waals surface area contributed by atoms with Crippen LogP contribution in [-0.4, -0.2) is 14.4 Å². The van der Waals surface area contributed by atoms with Gasteiger partial charge in [0, 0.05) is 6.20 Å². The Morgan fingerprint density at radius 3 is 2.44 bits per heavy atom. The third-order valence-corrected chi connectivity index (χ3v) is 4.10. The number of nitrogens with one attached hydrogen (secondary N) is 1. The van der Waals surface area contributed by atoms with Crippen LogP contribution in [-0.2, 0) is 21.0 Å². The van der Waals surface area contributed by atoms with Crippen molar-refractivity contribution in [3.8, 4) is 0 Å². The first kappa shape index (κ1) is 12.5. The fraction of sp³-hybridized carbons (Fsp3) is 0.0769. The van der Waals surface area contributed by atoms with Crippen LogP contribution in [0.4, 0.5) is 0 Å². The molecule has 0 aliphatic carbocycles. The molecule has 1 aromatic heterocycles. The normalized spacial score (nSPS) is 13.6. The molecule has 0 fully saturated rings. The minimum absolute atomic E-state index is 0.254. The monoisotopic (exact) mass is 260 g/mol. The van der Waals surface area contributed by atoms with Gasteiger partial charge in [0.15, 0.2) is 0 Å². The van der Waals surface area contributed by atoms with Gasteiger partial charge in [-0.1, -0.05) is 24.3 Å². The maximum atomic E-state index is 12.4. The van der Waals surface area contributed by atoms with Crippen LogP contribution in [0.2, 0.25) is 0 Å². The number of carbonyl (C=O) groups excluding carboxylic acids is 1. The molecule has 0 bridgehead atoms. The third-order valence-electron chi connectivity index (χ3n) is 2.38. The van der Waals surface area contributed by atoms with Gasteiger partial charge in [0.05, 0.1) is 17.1 Å². The topological polar surface area (TPSA) is 59.1 Å². The van der Waals surface area contributed by atoms with Crippen molar-refractivity contribution in [3.05, 3.63) is 60.4 Å². The van der Waals surface area contributed by atoms with Crippen molar-refractivity contribution in [2.24, 2.45) is 0 Å². The van der Waals surface area contributed by atoms with Crippen LogP contribution < -0.4 is 4.72 Å². The number of rotatable bonds is 4. The lowest BCUT2D eigenvalue weighted by Gasteiger charge is -2.08. The molecule has 1 N–H and O–H groups in total. The molecule has 2 aromatic rings. The number of nitrogens with zero attached hydrogens (tertiary/aromatic N) is 1. The minimum Gasteiger partial charge on any atom is -0.260 e. The first-order valence-electron chi connectivity index (χ1n) is 5.37. The number of aromatic nitrogens is 1. The number of hydrogen-bond acceptors (Lipinski definition) is 3. The average molecular weight is 260 g/mol. The Hall–Kier alpha value is -1.94. The molecule has 0 saturated heterocycles. The summed E-state index contributed by atoms with van der Waals surface area (Å²) in [5.41, 5.74) is 0.719. The van der Waals surface area contributed by atoms with E-state index in [1.54, 1.807) is 53.9 Å². The Morgan fingerprint density at radius 2 is 1.83 bits per heavy atom. The van der Waals surface area contributed by atoms with E-state index in [0.29, 0.717) is 4.90 Å². The molecule has 0 aliphatic heterocycles. The summed E-state index contributed by atoms with van der Waals surface area (Å²) >= 11 is 0. The fourth-order valence-corrected chi connectivity index (χ4v) is 2.66. The maximum absolute atomic E-state index is 12.4. The van der Waals surface area contributed by atoms with Gasteiger partial charge in [-0.15, -0.1) is 0 Å². The highest BCUT2D eigenvalue weighted by Gasteiger charge is 2.10. The van der Waals surface area contributed by atoms with Gasteiger partial charge < -0.3 is 0 Å². The summed E-state index contributed by atoms with van der Waals surface area (Å²) in [4.78, 5) is 15.5. The van der Waals surface area contributed by atoms with E-state index >= 15 is 0 Å². The highest BCUT2D eigenvalue weighted by atomic mass is 32.2. The van der Waals surface area contributed by atoms with Crippen molar-refractivity contribution < 1.29 is 9.00 Å². The lowest BCUT2D eigenvalue weighted by molar-refractivity contribution is 0.569. The molecule has 0 saturated carbocycles. The standard InChI is InChI=1S/C13H12N2O2S/c16-11-18(17,13-7-2-1-3-8-13)15-10-12-6-4-5-9-14-12/h1-9H,10H2,(H,15,17). The Kier molecular flexibility index (Phi) is 3.89. The van der Waals surface area contributed by atoms with Crippen molar-refractivity contribution in [3.63, 3.8) is 0 Å². The second kappa shape index (κ2) is 5.60. The summed E-state index contributed by atoms with van der Waals surface area (Å²) in [5.74, 6) is 0.